The molecule has 0 spiro atoms. The number of nitrogens with one attached hydrogen (secondary N) is 2. The minimum Gasteiger partial charge on any atom is -0.344 e. The monoisotopic (exact) mass is 346 g/mol. The molecule has 1 fully saturated rings. The minimum atomic E-state index is -1.56. The highest BCUT2D eigenvalue weighted by Crippen LogP contribution is 2.33. The van der Waals surface area contributed by atoms with Crippen LogP contribution >= 0.6 is 0 Å². The fourth-order valence-electron chi connectivity index (χ4n) is 3.14. The first-order chi connectivity index (χ1) is 12.6. The van der Waals surface area contributed by atoms with E-state index < -0.39 is 29.2 Å². The van der Waals surface area contributed by atoms with E-state index in [1.165, 1.54) is 0 Å². The second kappa shape index (κ2) is 7.24. The molecule has 26 heavy (non-hydrogen) atoms. The predicted molar refractivity (Wildman–Crippen MR) is 96.5 cm³/mol. The Morgan fingerprint density at radius 1 is 1.08 bits per heavy atom. The summed E-state index contributed by atoms with van der Waals surface area (Å²) in [6.07, 6.45) is 5.00. The Hall–Kier alpha value is -3.39. The van der Waals surface area contributed by atoms with Gasteiger partial charge in [-0.3, -0.25) is 19.7 Å². The van der Waals surface area contributed by atoms with Gasteiger partial charge in [-0.2, -0.15) is 0 Å². The molecule has 5 nitrogen and oxygen atoms in total. The third kappa shape index (κ3) is 3.22. The molecule has 3 rings (SSSR count). The van der Waals surface area contributed by atoms with Crippen LogP contribution in [0.3, 0.4) is 0 Å². The molecule has 2 N–H and O–H groups in total. The third-order valence-electron chi connectivity index (χ3n) is 4.53. The molecule has 0 saturated carbocycles. The van der Waals surface area contributed by atoms with Crippen LogP contribution in [0, 0.1) is 17.8 Å². The Labute approximate surface area is 151 Å². The van der Waals surface area contributed by atoms with Gasteiger partial charge in [0.15, 0.2) is 0 Å². The first kappa shape index (κ1) is 17.4. The van der Waals surface area contributed by atoms with Gasteiger partial charge in [-0.1, -0.05) is 60.7 Å². The molecule has 1 aliphatic heterocycles. The summed E-state index contributed by atoms with van der Waals surface area (Å²) < 4.78 is 0. The van der Waals surface area contributed by atoms with Gasteiger partial charge >= 0.3 is 0 Å². The second-order valence-electron chi connectivity index (χ2n) is 6.24. The van der Waals surface area contributed by atoms with E-state index in [9.17, 15) is 14.4 Å². The van der Waals surface area contributed by atoms with E-state index in [4.69, 9.17) is 6.42 Å². The molecule has 5 heteroatoms. The fraction of sp³-hybridized carbons (Fsp3) is 0.190. The van der Waals surface area contributed by atoms with Gasteiger partial charge in [0.25, 0.3) is 0 Å². The van der Waals surface area contributed by atoms with E-state index >= 15 is 0 Å². The first-order valence-corrected chi connectivity index (χ1v) is 8.25. The lowest BCUT2D eigenvalue weighted by atomic mass is 9.81. The zero-order valence-corrected chi connectivity index (χ0v) is 14.1. The van der Waals surface area contributed by atoms with Gasteiger partial charge in [0.2, 0.25) is 17.7 Å². The molecule has 1 atom stereocenters. The van der Waals surface area contributed by atoms with Gasteiger partial charge < -0.3 is 5.32 Å². The lowest BCUT2D eigenvalue weighted by Gasteiger charge is -2.27. The fourth-order valence-corrected chi connectivity index (χ4v) is 3.14. The molecule has 0 aliphatic carbocycles. The Morgan fingerprint density at radius 3 is 2.04 bits per heavy atom. The van der Waals surface area contributed by atoms with Crippen LogP contribution in [0.2, 0.25) is 0 Å². The van der Waals surface area contributed by atoms with Crippen LogP contribution in [-0.4, -0.2) is 17.7 Å². The molecule has 2 aromatic carbocycles. The number of benzene rings is 2. The number of carbonyl (C=O) groups excluding carboxylic acids is 3. The minimum absolute atomic E-state index is 0.132. The maximum atomic E-state index is 13.1. The van der Waals surface area contributed by atoms with E-state index in [0.29, 0.717) is 0 Å². The number of carbonyl (C=O) groups is 3. The van der Waals surface area contributed by atoms with Crippen molar-refractivity contribution in [3.63, 3.8) is 0 Å². The maximum Gasteiger partial charge on any atom is 0.243 e. The second-order valence-corrected chi connectivity index (χ2v) is 6.24. The normalized spacial score (nSPS) is 19.1. The lowest BCUT2D eigenvalue weighted by Crippen LogP contribution is -2.47. The Morgan fingerprint density at radius 2 is 1.62 bits per heavy atom. The summed E-state index contributed by atoms with van der Waals surface area (Å²) in [5.41, 5.74) is 0.175. The van der Waals surface area contributed by atoms with Gasteiger partial charge in [-0.25, -0.2) is 0 Å². The summed E-state index contributed by atoms with van der Waals surface area (Å²) in [6, 6.07) is 18.4. The zero-order chi connectivity index (χ0) is 18.6. The Balaban J connectivity index is 1.96. The summed E-state index contributed by atoms with van der Waals surface area (Å²) in [7, 11) is 0. The smallest absolute Gasteiger partial charge is 0.243 e. The van der Waals surface area contributed by atoms with Crippen molar-refractivity contribution in [3.05, 3.63) is 71.8 Å². The van der Waals surface area contributed by atoms with E-state index in [0.717, 1.165) is 11.1 Å². The quantitative estimate of drug-likeness (QED) is 0.494. The molecule has 1 saturated heterocycles. The molecule has 0 bridgehead atoms. The van der Waals surface area contributed by atoms with Crippen LogP contribution in [-0.2, 0) is 14.4 Å². The van der Waals surface area contributed by atoms with Crippen molar-refractivity contribution < 1.29 is 14.4 Å². The van der Waals surface area contributed by atoms with Gasteiger partial charge in [0, 0.05) is 6.42 Å². The zero-order valence-electron chi connectivity index (χ0n) is 14.1. The SMILES string of the molecule is C#CCC1(C(=O)NC(c2ccccc2)c2ccccc2)CC(=O)NC1=O. The van der Waals surface area contributed by atoms with Gasteiger partial charge in [0.1, 0.15) is 5.41 Å². The van der Waals surface area contributed by atoms with Crippen molar-refractivity contribution in [2.24, 2.45) is 5.41 Å². The molecule has 2 aromatic rings. The summed E-state index contributed by atoms with van der Waals surface area (Å²) >= 11 is 0. The molecule has 1 unspecified atom stereocenters. The van der Waals surface area contributed by atoms with Crippen LogP contribution in [0.15, 0.2) is 60.7 Å². The number of imide groups is 1. The van der Waals surface area contributed by atoms with E-state index in [2.05, 4.69) is 16.6 Å². The highest BCUT2D eigenvalue weighted by atomic mass is 16.2. The van der Waals surface area contributed by atoms with E-state index in [1.54, 1.807) is 0 Å². The van der Waals surface area contributed by atoms with Crippen LogP contribution < -0.4 is 10.6 Å². The number of rotatable bonds is 5. The average Bonchev–Trinajstić information content (AvgIpc) is 2.95. The Kier molecular flexibility index (Phi) is 4.85. The van der Waals surface area contributed by atoms with Gasteiger partial charge in [-0.15, -0.1) is 12.3 Å². The maximum absolute atomic E-state index is 13.1. The van der Waals surface area contributed by atoms with Crippen molar-refractivity contribution in [1.82, 2.24) is 10.6 Å². The molecular formula is C21H18N2O3. The van der Waals surface area contributed by atoms with Crippen LogP contribution in [0.1, 0.15) is 30.0 Å². The molecule has 0 radical (unpaired) electrons. The third-order valence-corrected chi connectivity index (χ3v) is 4.53. The number of amides is 3. The lowest BCUT2D eigenvalue weighted by molar-refractivity contribution is -0.141. The number of hydrogen-bond acceptors (Lipinski definition) is 3. The standard InChI is InChI=1S/C21H18N2O3/c1-2-13-21(14-17(24)22-19(21)25)20(26)23-18(15-9-5-3-6-10-15)16-11-7-4-8-12-16/h1,3-12,18H,13-14H2,(H,23,26)(H,22,24,25). The molecule has 0 aromatic heterocycles. The van der Waals surface area contributed by atoms with Crippen LogP contribution in [0.5, 0.6) is 0 Å². The topological polar surface area (TPSA) is 75.3 Å². The highest BCUT2D eigenvalue weighted by molar-refractivity contribution is 6.17. The average molecular weight is 346 g/mol. The molecule has 130 valence electrons. The largest absolute Gasteiger partial charge is 0.344 e. The summed E-state index contributed by atoms with van der Waals surface area (Å²) in [6.45, 7) is 0. The number of hydrogen-bond donors (Lipinski definition) is 2. The van der Waals surface area contributed by atoms with Crippen molar-refractivity contribution in [2.75, 3.05) is 0 Å². The van der Waals surface area contributed by atoms with Crippen molar-refractivity contribution in [2.45, 2.75) is 18.9 Å². The molecule has 3 amide bonds. The van der Waals surface area contributed by atoms with E-state index in [-0.39, 0.29) is 12.8 Å². The van der Waals surface area contributed by atoms with Crippen LogP contribution in [0.25, 0.3) is 0 Å². The highest BCUT2D eigenvalue weighted by Gasteiger charge is 2.52. The predicted octanol–water partition coefficient (Wildman–Crippen LogP) is 1.95. The summed E-state index contributed by atoms with van der Waals surface area (Å²) in [5, 5.41) is 5.11. The van der Waals surface area contributed by atoms with Crippen molar-refractivity contribution in [3.8, 4) is 12.3 Å². The van der Waals surface area contributed by atoms with Gasteiger partial charge in [-0.05, 0) is 11.1 Å². The number of terminal acetylenes is 1. The molecular weight excluding hydrogens is 328 g/mol. The first-order valence-electron chi connectivity index (χ1n) is 8.25. The van der Waals surface area contributed by atoms with Gasteiger partial charge in [0.05, 0.1) is 12.5 Å². The summed E-state index contributed by atoms with van der Waals surface area (Å²) in [5.74, 6) is 0.686. The van der Waals surface area contributed by atoms with Crippen LogP contribution in [0.4, 0.5) is 0 Å². The Bertz CT molecular complexity index is 832. The van der Waals surface area contributed by atoms with Crippen molar-refractivity contribution >= 4 is 17.7 Å². The molecule has 1 aliphatic rings. The van der Waals surface area contributed by atoms with Crippen molar-refractivity contribution in [1.29, 1.82) is 0 Å². The summed E-state index contributed by atoms with van der Waals surface area (Å²) in [4.78, 5) is 37.0. The van der Waals surface area contributed by atoms with E-state index in [1.807, 2.05) is 60.7 Å². The molecule has 1 heterocycles.